The van der Waals surface area contributed by atoms with Gasteiger partial charge in [0.25, 0.3) is 0 Å². The van der Waals surface area contributed by atoms with E-state index in [0.717, 1.165) is 16.5 Å². The number of rotatable bonds is 5. The second kappa shape index (κ2) is 4.91. The van der Waals surface area contributed by atoms with E-state index in [2.05, 4.69) is 5.32 Å². The maximum atomic E-state index is 11.0. The molecule has 1 unspecified atom stereocenters. The molecule has 18 heavy (non-hydrogen) atoms. The van der Waals surface area contributed by atoms with Gasteiger partial charge in [-0.25, -0.2) is 4.79 Å². The second-order valence-corrected chi connectivity index (χ2v) is 4.16. The van der Waals surface area contributed by atoms with Crippen LogP contribution in [0, 0.1) is 0 Å². The van der Waals surface area contributed by atoms with Crippen LogP contribution in [-0.4, -0.2) is 28.1 Å². The number of nitrogens with zero attached hydrogens (tertiary/aromatic N) is 1. The Morgan fingerprint density at radius 1 is 1.50 bits per heavy atom. The smallest absolute Gasteiger partial charge is 0.326 e. The quantitative estimate of drug-likeness (QED) is 0.771. The zero-order valence-electron chi connectivity index (χ0n) is 9.96. The molecule has 0 fully saturated rings. The van der Waals surface area contributed by atoms with Crippen LogP contribution in [0.25, 0.3) is 10.9 Å². The lowest BCUT2D eigenvalue weighted by Crippen LogP contribution is -2.37. The number of aromatic nitrogens is 1. The van der Waals surface area contributed by atoms with Crippen LogP contribution in [0.1, 0.15) is 5.56 Å². The highest BCUT2D eigenvalue weighted by Crippen LogP contribution is 2.21. The maximum Gasteiger partial charge on any atom is 0.326 e. The van der Waals surface area contributed by atoms with Crippen molar-refractivity contribution in [2.24, 2.45) is 7.05 Å². The van der Waals surface area contributed by atoms with E-state index in [4.69, 9.17) is 5.11 Å². The molecule has 1 atom stereocenters. The van der Waals surface area contributed by atoms with Crippen LogP contribution in [0.5, 0.6) is 0 Å². The summed E-state index contributed by atoms with van der Waals surface area (Å²) < 4.78 is 1.95. The van der Waals surface area contributed by atoms with Crippen LogP contribution >= 0.6 is 0 Å². The molecule has 0 saturated heterocycles. The molecule has 2 aromatic rings. The molecule has 0 spiro atoms. The average Bonchev–Trinajstić information content (AvgIpc) is 2.66. The molecule has 0 aliphatic rings. The van der Waals surface area contributed by atoms with E-state index in [1.807, 2.05) is 42.1 Å². The van der Waals surface area contributed by atoms with E-state index in [1.165, 1.54) is 0 Å². The first kappa shape index (κ1) is 12.2. The molecule has 2 rings (SSSR count). The number of benzene rings is 1. The van der Waals surface area contributed by atoms with Crippen LogP contribution in [-0.2, 0) is 23.1 Å². The normalized spacial score (nSPS) is 12.3. The van der Waals surface area contributed by atoms with E-state index < -0.39 is 12.0 Å². The number of nitrogens with one attached hydrogen (secondary N) is 1. The van der Waals surface area contributed by atoms with Crippen molar-refractivity contribution in [2.45, 2.75) is 12.5 Å². The SMILES string of the molecule is Cn1cc(CC(NC=O)C(=O)O)c2ccccc21. The largest absolute Gasteiger partial charge is 0.480 e. The third-order valence-corrected chi connectivity index (χ3v) is 2.97. The predicted octanol–water partition coefficient (Wildman–Crippen LogP) is 0.920. The van der Waals surface area contributed by atoms with E-state index in [9.17, 15) is 9.59 Å². The highest BCUT2D eigenvalue weighted by molar-refractivity contribution is 5.85. The third kappa shape index (κ3) is 2.20. The number of carboxylic acid groups (broad SMARTS) is 1. The van der Waals surface area contributed by atoms with Gasteiger partial charge in [0.15, 0.2) is 0 Å². The van der Waals surface area contributed by atoms with Crippen molar-refractivity contribution in [3.63, 3.8) is 0 Å². The van der Waals surface area contributed by atoms with E-state index in [0.29, 0.717) is 6.41 Å². The Bertz CT molecular complexity index is 589. The van der Waals surface area contributed by atoms with Crippen molar-refractivity contribution < 1.29 is 14.7 Å². The van der Waals surface area contributed by atoms with Crippen molar-refractivity contribution in [3.05, 3.63) is 36.0 Å². The summed E-state index contributed by atoms with van der Waals surface area (Å²) in [7, 11) is 1.91. The zero-order chi connectivity index (χ0) is 13.1. The minimum absolute atomic E-state index is 0.273. The zero-order valence-corrected chi connectivity index (χ0v) is 9.96. The van der Waals surface area contributed by atoms with Gasteiger partial charge in [-0.15, -0.1) is 0 Å². The van der Waals surface area contributed by atoms with Crippen LogP contribution in [0.2, 0.25) is 0 Å². The van der Waals surface area contributed by atoms with E-state index >= 15 is 0 Å². The van der Waals surface area contributed by atoms with Crippen molar-refractivity contribution in [1.29, 1.82) is 0 Å². The first-order valence-electron chi connectivity index (χ1n) is 5.59. The number of hydrogen-bond donors (Lipinski definition) is 2. The number of aliphatic carboxylic acids is 1. The van der Waals surface area contributed by atoms with Crippen LogP contribution in [0.4, 0.5) is 0 Å². The van der Waals surface area contributed by atoms with E-state index in [1.54, 1.807) is 0 Å². The Balaban J connectivity index is 2.36. The second-order valence-electron chi connectivity index (χ2n) is 4.16. The summed E-state index contributed by atoms with van der Waals surface area (Å²) in [5, 5.41) is 12.3. The molecule has 5 heteroatoms. The van der Waals surface area contributed by atoms with Crippen LogP contribution in [0.3, 0.4) is 0 Å². The summed E-state index contributed by atoms with van der Waals surface area (Å²) in [6, 6.07) is 6.87. The molecule has 0 bridgehead atoms. The standard InChI is InChI=1S/C13H14N2O3/c1-15-7-9(6-11(13(17)18)14-8-16)10-4-2-3-5-12(10)15/h2-5,7-8,11H,6H2,1H3,(H,14,16)(H,17,18). The first-order valence-corrected chi connectivity index (χ1v) is 5.59. The molecule has 1 amide bonds. The fourth-order valence-electron chi connectivity index (χ4n) is 2.11. The van der Waals surface area contributed by atoms with Crippen molar-refractivity contribution >= 4 is 23.3 Å². The van der Waals surface area contributed by atoms with Gasteiger partial charge in [0.2, 0.25) is 6.41 Å². The Morgan fingerprint density at radius 3 is 2.89 bits per heavy atom. The van der Waals surface area contributed by atoms with Gasteiger partial charge in [-0.2, -0.15) is 0 Å². The van der Waals surface area contributed by atoms with Gasteiger partial charge in [0, 0.05) is 30.6 Å². The number of fused-ring (bicyclic) bond motifs is 1. The lowest BCUT2D eigenvalue weighted by Gasteiger charge is -2.09. The first-order chi connectivity index (χ1) is 8.63. The molecule has 94 valence electrons. The number of carbonyl (C=O) groups excluding carboxylic acids is 1. The summed E-state index contributed by atoms with van der Waals surface area (Å²) in [4.78, 5) is 21.4. The van der Waals surface area contributed by atoms with Gasteiger partial charge in [-0.05, 0) is 11.6 Å². The molecular weight excluding hydrogens is 232 g/mol. The Labute approximate surface area is 104 Å². The fraction of sp³-hybridized carbons (Fsp3) is 0.231. The van der Waals surface area contributed by atoms with Gasteiger partial charge >= 0.3 is 5.97 Å². The lowest BCUT2D eigenvalue weighted by molar-refractivity contribution is -0.140. The summed E-state index contributed by atoms with van der Waals surface area (Å²) in [5.41, 5.74) is 1.96. The molecule has 0 saturated carbocycles. The lowest BCUT2D eigenvalue weighted by atomic mass is 10.1. The monoisotopic (exact) mass is 246 g/mol. The van der Waals surface area contributed by atoms with Crippen LogP contribution in [0.15, 0.2) is 30.5 Å². The van der Waals surface area contributed by atoms with Crippen molar-refractivity contribution in [2.75, 3.05) is 0 Å². The molecule has 2 N–H and O–H groups in total. The average molecular weight is 246 g/mol. The molecule has 5 nitrogen and oxygen atoms in total. The van der Waals surface area contributed by atoms with E-state index in [-0.39, 0.29) is 6.42 Å². The summed E-state index contributed by atoms with van der Waals surface area (Å²) in [5.74, 6) is -1.03. The minimum atomic E-state index is -1.03. The number of hydrogen-bond acceptors (Lipinski definition) is 2. The molecule has 0 aliphatic carbocycles. The minimum Gasteiger partial charge on any atom is -0.480 e. The van der Waals surface area contributed by atoms with Gasteiger partial charge < -0.3 is 15.0 Å². The summed E-state index contributed by atoms with van der Waals surface area (Å²) in [6.45, 7) is 0. The highest BCUT2D eigenvalue weighted by atomic mass is 16.4. The molecule has 1 heterocycles. The predicted molar refractivity (Wildman–Crippen MR) is 67.2 cm³/mol. The van der Waals surface area contributed by atoms with Crippen molar-refractivity contribution in [3.8, 4) is 0 Å². The van der Waals surface area contributed by atoms with Gasteiger partial charge in [-0.1, -0.05) is 18.2 Å². The molecule has 1 aromatic carbocycles. The number of carboxylic acids is 1. The Kier molecular flexibility index (Phi) is 3.32. The van der Waals surface area contributed by atoms with Gasteiger partial charge in [0.1, 0.15) is 6.04 Å². The number of carbonyl (C=O) groups is 2. The summed E-state index contributed by atoms with van der Waals surface area (Å²) in [6.07, 6.45) is 2.59. The Hall–Kier alpha value is -2.30. The Morgan fingerprint density at radius 2 is 2.22 bits per heavy atom. The third-order valence-electron chi connectivity index (χ3n) is 2.97. The number of amides is 1. The highest BCUT2D eigenvalue weighted by Gasteiger charge is 2.19. The van der Waals surface area contributed by atoms with Crippen molar-refractivity contribution in [1.82, 2.24) is 9.88 Å². The topological polar surface area (TPSA) is 71.3 Å². The number of aryl methyl sites for hydroxylation is 1. The maximum absolute atomic E-state index is 11.0. The summed E-state index contributed by atoms with van der Waals surface area (Å²) >= 11 is 0. The van der Waals surface area contributed by atoms with Crippen LogP contribution < -0.4 is 5.32 Å². The van der Waals surface area contributed by atoms with Gasteiger partial charge in [0.05, 0.1) is 0 Å². The molecule has 1 aromatic heterocycles. The molecule has 0 radical (unpaired) electrons. The number of para-hydroxylation sites is 1. The molecule has 0 aliphatic heterocycles. The van der Waals surface area contributed by atoms with Gasteiger partial charge in [-0.3, -0.25) is 4.79 Å². The fourth-order valence-corrected chi connectivity index (χ4v) is 2.11. The molecular formula is C13H14N2O3.